The summed E-state index contributed by atoms with van der Waals surface area (Å²) in [6, 6.07) is 7.89. The number of nitrogens with zero attached hydrogens (tertiary/aromatic N) is 1. The van der Waals surface area contributed by atoms with Gasteiger partial charge in [-0.1, -0.05) is 12.1 Å². The Kier molecular flexibility index (Phi) is 5.72. The summed E-state index contributed by atoms with van der Waals surface area (Å²) in [7, 11) is 0. The number of alkyl halides is 1. The first-order chi connectivity index (χ1) is 9.69. The van der Waals surface area contributed by atoms with Gasteiger partial charge >= 0.3 is 0 Å². The Labute approximate surface area is 125 Å². The summed E-state index contributed by atoms with van der Waals surface area (Å²) in [5.74, 6) is 2.28. The minimum absolute atomic E-state index is 0.190. The zero-order valence-electron chi connectivity index (χ0n) is 12.0. The number of rotatable bonds is 6. The number of hydrogen-bond acceptors (Lipinski definition) is 2. The standard InChI is InChI=1S/C16H22ClNO2/c1-13-3-2-4-15(11-13)20-10-7-16(19)18-9-6-14(12-18)5-8-17/h2-4,11,14H,5-10,12H2,1H3. The average Bonchev–Trinajstić information content (AvgIpc) is 2.88. The van der Waals surface area contributed by atoms with Gasteiger partial charge in [-0.05, 0) is 43.4 Å². The van der Waals surface area contributed by atoms with Gasteiger partial charge in [0.15, 0.2) is 0 Å². The lowest BCUT2D eigenvalue weighted by molar-refractivity contribution is -0.130. The van der Waals surface area contributed by atoms with Crippen molar-refractivity contribution in [2.75, 3.05) is 25.6 Å². The van der Waals surface area contributed by atoms with Crippen molar-refractivity contribution >= 4 is 17.5 Å². The monoisotopic (exact) mass is 295 g/mol. The molecule has 2 rings (SSSR count). The molecule has 1 aliphatic rings. The van der Waals surface area contributed by atoms with E-state index in [4.69, 9.17) is 16.3 Å². The lowest BCUT2D eigenvalue weighted by Gasteiger charge is -2.16. The summed E-state index contributed by atoms with van der Waals surface area (Å²) in [5, 5.41) is 0. The molecular weight excluding hydrogens is 274 g/mol. The van der Waals surface area contributed by atoms with Gasteiger partial charge in [-0.2, -0.15) is 0 Å². The van der Waals surface area contributed by atoms with E-state index in [0.29, 0.717) is 24.8 Å². The van der Waals surface area contributed by atoms with E-state index in [9.17, 15) is 4.79 Å². The van der Waals surface area contributed by atoms with E-state index in [0.717, 1.165) is 37.2 Å². The molecule has 0 bridgehead atoms. The lowest BCUT2D eigenvalue weighted by Crippen LogP contribution is -2.29. The molecule has 1 unspecified atom stereocenters. The third kappa shape index (κ3) is 4.41. The molecule has 1 heterocycles. The Bertz CT molecular complexity index is 450. The zero-order valence-corrected chi connectivity index (χ0v) is 12.7. The van der Waals surface area contributed by atoms with Crippen LogP contribution in [0.4, 0.5) is 0 Å². The molecule has 1 aliphatic heterocycles. The number of halogens is 1. The number of carbonyl (C=O) groups excluding carboxylic acids is 1. The van der Waals surface area contributed by atoms with Crippen LogP contribution in [0.2, 0.25) is 0 Å². The van der Waals surface area contributed by atoms with E-state index < -0.39 is 0 Å². The van der Waals surface area contributed by atoms with Crippen molar-refractivity contribution in [1.29, 1.82) is 0 Å². The molecule has 1 atom stereocenters. The van der Waals surface area contributed by atoms with E-state index in [-0.39, 0.29) is 5.91 Å². The largest absolute Gasteiger partial charge is 0.493 e. The van der Waals surface area contributed by atoms with Crippen molar-refractivity contribution in [3.63, 3.8) is 0 Å². The Morgan fingerprint density at radius 3 is 3.10 bits per heavy atom. The van der Waals surface area contributed by atoms with Crippen LogP contribution in [-0.4, -0.2) is 36.4 Å². The normalized spacial score (nSPS) is 18.3. The van der Waals surface area contributed by atoms with Crippen molar-refractivity contribution in [3.05, 3.63) is 29.8 Å². The van der Waals surface area contributed by atoms with Crippen LogP contribution in [-0.2, 0) is 4.79 Å². The molecular formula is C16H22ClNO2. The Morgan fingerprint density at radius 1 is 1.50 bits per heavy atom. The molecule has 0 N–H and O–H groups in total. The molecule has 3 nitrogen and oxygen atoms in total. The van der Waals surface area contributed by atoms with Crippen LogP contribution in [0.3, 0.4) is 0 Å². The van der Waals surface area contributed by atoms with Crippen LogP contribution >= 0.6 is 11.6 Å². The zero-order chi connectivity index (χ0) is 14.4. The molecule has 1 aromatic carbocycles. The van der Waals surface area contributed by atoms with E-state index in [1.807, 2.05) is 36.1 Å². The smallest absolute Gasteiger partial charge is 0.226 e. The SMILES string of the molecule is Cc1cccc(OCCC(=O)N2CCC(CCCl)C2)c1. The Balaban J connectivity index is 1.70. The van der Waals surface area contributed by atoms with Gasteiger partial charge in [0.25, 0.3) is 0 Å². The summed E-state index contributed by atoms with van der Waals surface area (Å²) in [4.78, 5) is 14.0. The fourth-order valence-electron chi connectivity index (χ4n) is 2.57. The van der Waals surface area contributed by atoms with Crippen LogP contribution in [0.25, 0.3) is 0 Å². The lowest BCUT2D eigenvalue weighted by atomic mass is 10.1. The molecule has 1 aromatic rings. The van der Waals surface area contributed by atoms with E-state index >= 15 is 0 Å². The minimum atomic E-state index is 0.190. The number of ether oxygens (including phenoxy) is 1. The molecule has 1 amide bonds. The van der Waals surface area contributed by atoms with Gasteiger partial charge in [-0.25, -0.2) is 0 Å². The van der Waals surface area contributed by atoms with Gasteiger partial charge < -0.3 is 9.64 Å². The van der Waals surface area contributed by atoms with Gasteiger partial charge in [0.05, 0.1) is 13.0 Å². The average molecular weight is 296 g/mol. The number of carbonyl (C=O) groups is 1. The molecule has 0 saturated carbocycles. The quantitative estimate of drug-likeness (QED) is 0.754. The maximum atomic E-state index is 12.1. The van der Waals surface area contributed by atoms with Crippen LogP contribution < -0.4 is 4.74 Å². The van der Waals surface area contributed by atoms with E-state index in [2.05, 4.69) is 0 Å². The first kappa shape index (κ1) is 15.2. The number of benzene rings is 1. The van der Waals surface area contributed by atoms with Crippen LogP contribution in [0.15, 0.2) is 24.3 Å². The second kappa shape index (κ2) is 7.53. The van der Waals surface area contributed by atoms with Crippen molar-refractivity contribution in [2.24, 2.45) is 5.92 Å². The van der Waals surface area contributed by atoms with Gasteiger partial charge in [-0.3, -0.25) is 4.79 Å². The van der Waals surface area contributed by atoms with E-state index in [1.54, 1.807) is 0 Å². The molecule has 1 fully saturated rings. The highest BCUT2D eigenvalue weighted by Crippen LogP contribution is 2.20. The fourth-order valence-corrected chi connectivity index (χ4v) is 2.88. The highest BCUT2D eigenvalue weighted by Gasteiger charge is 2.25. The highest BCUT2D eigenvalue weighted by atomic mass is 35.5. The van der Waals surface area contributed by atoms with Crippen LogP contribution in [0.5, 0.6) is 5.75 Å². The number of amides is 1. The summed E-state index contributed by atoms with van der Waals surface area (Å²) in [5.41, 5.74) is 1.16. The van der Waals surface area contributed by atoms with Crippen molar-refractivity contribution in [1.82, 2.24) is 4.90 Å². The molecule has 0 aromatic heterocycles. The van der Waals surface area contributed by atoms with Gasteiger partial charge in [0.1, 0.15) is 5.75 Å². The number of hydrogen-bond donors (Lipinski definition) is 0. The number of aryl methyl sites for hydroxylation is 1. The highest BCUT2D eigenvalue weighted by molar-refractivity contribution is 6.17. The minimum Gasteiger partial charge on any atom is -0.493 e. The molecule has 110 valence electrons. The van der Waals surface area contributed by atoms with Crippen molar-refractivity contribution in [3.8, 4) is 5.75 Å². The Morgan fingerprint density at radius 2 is 2.35 bits per heavy atom. The van der Waals surface area contributed by atoms with Gasteiger partial charge in [0.2, 0.25) is 5.91 Å². The molecule has 0 radical (unpaired) electrons. The van der Waals surface area contributed by atoms with Gasteiger partial charge in [-0.15, -0.1) is 11.6 Å². The third-order valence-corrected chi connectivity index (χ3v) is 3.95. The fraction of sp³-hybridized carbons (Fsp3) is 0.562. The molecule has 20 heavy (non-hydrogen) atoms. The topological polar surface area (TPSA) is 29.5 Å². The summed E-state index contributed by atoms with van der Waals surface area (Å²) in [6.07, 6.45) is 2.53. The van der Waals surface area contributed by atoms with E-state index in [1.165, 1.54) is 0 Å². The van der Waals surface area contributed by atoms with Crippen molar-refractivity contribution < 1.29 is 9.53 Å². The Hall–Kier alpha value is -1.22. The first-order valence-electron chi connectivity index (χ1n) is 7.22. The third-order valence-electron chi connectivity index (χ3n) is 3.73. The van der Waals surface area contributed by atoms with Gasteiger partial charge in [0, 0.05) is 19.0 Å². The molecule has 0 spiro atoms. The molecule has 0 aliphatic carbocycles. The molecule has 4 heteroatoms. The molecule has 1 saturated heterocycles. The second-order valence-corrected chi connectivity index (χ2v) is 5.77. The van der Waals surface area contributed by atoms with Crippen LogP contribution in [0, 0.1) is 12.8 Å². The predicted octanol–water partition coefficient (Wildman–Crippen LogP) is 3.24. The summed E-state index contributed by atoms with van der Waals surface area (Å²) >= 11 is 5.75. The van der Waals surface area contributed by atoms with Crippen molar-refractivity contribution in [2.45, 2.75) is 26.2 Å². The maximum Gasteiger partial charge on any atom is 0.226 e. The summed E-state index contributed by atoms with van der Waals surface area (Å²) in [6.45, 7) is 4.19. The summed E-state index contributed by atoms with van der Waals surface area (Å²) < 4.78 is 5.62. The van der Waals surface area contributed by atoms with Crippen LogP contribution in [0.1, 0.15) is 24.8 Å². The number of likely N-dealkylation sites (tertiary alicyclic amines) is 1. The first-order valence-corrected chi connectivity index (χ1v) is 7.75. The second-order valence-electron chi connectivity index (χ2n) is 5.39. The predicted molar refractivity (Wildman–Crippen MR) is 81.3 cm³/mol. The maximum absolute atomic E-state index is 12.1.